The molecule has 72 valence electrons. The lowest BCUT2D eigenvalue weighted by atomic mass is 9.80. The van der Waals surface area contributed by atoms with Crippen LogP contribution in [0.2, 0.25) is 0 Å². The highest BCUT2D eigenvalue weighted by atomic mass is 16.5. The number of hydrogen-bond acceptors (Lipinski definition) is 1. The minimum Gasteiger partial charge on any atom is -0.374 e. The van der Waals surface area contributed by atoms with Crippen LogP contribution in [0.1, 0.15) is 26.2 Å². The molecule has 3 aliphatic carbocycles. The maximum atomic E-state index is 5.78. The fourth-order valence-corrected chi connectivity index (χ4v) is 3.88. The fraction of sp³-hybridized carbons (Fsp3) is 0.833. The number of fused-ring (bicyclic) bond motifs is 5. The number of ether oxygens (including phenoxy) is 1. The van der Waals surface area contributed by atoms with E-state index in [1.54, 1.807) is 0 Å². The first-order valence-electron chi connectivity index (χ1n) is 5.70. The Balaban J connectivity index is 1.79. The van der Waals surface area contributed by atoms with Gasteiger partial charge in [0.25, 0.3) is 0 Å². The first-order valence-corrected chi connectivity index (χ1v) is 5.70. The predicted molar refractivity (Wildman–Crippen MR) is 52.4 cm³/mol. The van der Waals surface area contributed by atoms with E-state index in [0.717, 1.165) is 30.3 Å². The second-order valence-corrected chi connectivity index (χ2v) is 4.79. The molecule has 0 aromatic carbocycles. The second kappa shape index (κ2) is 2.84. The van der Waals surface area contributed by atoms with Crippen LogP contribution in [-0.4, -0.2) is 12.7 Å². The smallest absolute Gasteiger partial charge is 0.0792 e. The average Bonchev–Trinajstić information content (AvgIpc) is 2.74. The maximum absolute atomic E-state index is 5.78. The van der Waals surface area contributed by atoms with Crippen molar-refractivity contribution in [1.82, 2.24) is 0 Å². The molecule has 3 rings (SSSR count). The summed E-state index contributed by atoms with van der Waals surface area (Å²) in [6.07, 6.45) is 9.67. The summed E-state index contributed by atoms with van der Waals surface area (Å²) >= 11 is 0. The summed E-state index contributed by atoms with van der Waals surface area (Å²) in [7, 11) is 0. The van der Waals surface area contributed by atoms with E-state index < -0.39 is 0 Å². The van der Waals surface area contributed by atoms with Gasteiger partial charge in [-0.05, 0) is 49.9 Å². The third kappa shape index (κ3) is 1.03. The molecule has 3 aliphatic rings. The van der Waals surface area contributed by atoms with Gasteiger partial charge in [-0.15, -0.1) is 0 Å². The highest BCUT2D eigenvalue weighted by Crippen LogP contribution is 2.56. The van der Waals surface area contributed by atoms with Crippen molar-refractivity contribution < 1.29 is 4.74 Å². The quantitative estimate of drug-likeness (QED) is 0.591. The van der Waals surface area contributed by atoms with Crippen molar-refractivity contribution >= 4 is 0 Å². The van der Waals surface area contributed by atoms with Gasteiger partial charge in [0, 0.05) is 6.61 Å². The van der Waals surface area contributed by atoms with Crippen LogP contribution in [0.15, 0.2) is 12.2 Å². The molecule has 13 heavy (non-hydrogen) atoms. The van der Waals surface area contributed by atoms with Gasteiger partial charge in [0.1, 0.15) is 0 Å². The molecule has 2 unspecified atom stereocenters. The van der Waals surface area contributed by atoms with Crippen molar-refractivity contribution in [2.24, 2.45) is 23.7 Å². The van der Waals surface area contributed by atoms with Crippen molar-refractivity contribution in [3.63, 3.8) is 0 Å². The van der Waals surface area contributed by atoms with Gasteiger partial charge in [-0.2, -0.15) is 0 Å². The van der Waals surface area contributed by atoms with E-state index in [4.69, 9.17) is 4.74 Å². The topological polar surface area (TPSA) is 9.23 Å². The van der Waals surface area contributed by atoms with E-state index in [2.05, 4.69) is 19.1 Å². The van der Waals surface area contributed by atoms with Gasteiger partial charge in [-0.1, -0.05) is 12.2 Å². The standard InChI is InChI=1S/C12H18O/c1-2-13-11-6-5-10-8-3-4-9(7-8)12(10)11/h5-6,8-12H,2-4,7H2,1H3/t8-,9+,10?,11+,12?/m1/s1. The molecule has 1 heteroatoms. The molecule has 1 nitrogen and oxygen atoms in total. The van der Waals surface area contributed by atoms with Crippen molar-refractivity contribution in [1.29, 1.82) is 0 Å². The highest BCUT2D eigenvalue weighted by molar-refractivity contribution is 5.17. The fourth-order valence-electron chi connectivity index (χ4n) is 3.88. The van der Waals surface area contributed by atoms with Crippen molar-refractivity contribution in [2.45, 2.75) is 32.3 Å². The Bertz CT molecular complexity index is 233. The van der Waals surface area contributed by atoms with E-state index in [1.807, 2.05) is 0 Å². The van der Waals surface area contributed by atoms with E-state index >= 15 is 0 Å². The summed E-state index contributed by atoms with van der Waals surface area (Å²) in [5.41, 5.74) is 0. The van der Waals surface area contributed by atoms with Crippen LogP contribution in [-0.2, 0) is 4.74 Å². The lowest BCUT2D eigenvalue weighted by Gasteiger charge is -2.28. The molecule has 0 heterocycles. The molecule has 0 radical (unpaired) electrons. The van der Waals surface area contributed by atoms with Gasteiger partial charge in [-0.3, -0.25) is 0 Å². The molecule has 0 aromatic rings. The molecule has 0 aliphatic heterocycles. The largest absolute Gasteiger partial charge is 0.374 e. The van der Waals surface area contributed by atoms with Crippen LogP contribution in [0.5, 0.6) is 0 Å². The lowest BCUT2D eigenvalue weighted by molar-refractivity contribution is 0.0302. The zero-order chi connectivity index (χ0) is 8.84. The molecule has 0 saturated heterocycles. The molecule has 5 atom stereocenters. The van der Waals surface area contributed by atoms with Gasteiger partial charge >= 0.3 is 0 Å². The molecule has 0 amide bonds. The monoisotopic (exact) mass is 178 g/mol. The Morgan fingerprint density at radius 3 is 2.92 bits per heavy atom. The number of hydrogen-bond donors (Lipinski definition) is 0. The summed E-state index contributed by atoms with van der Waals surface area (Å²) in [5.74, 6) is 3.74. The summed E-state index contributed by atoms with van der Waals surface area (Å²) in [5, 5.41) is 0. The van der Waals surface area contributed by atoms with Crippen LogP contribution < -0.4 is 0 Å². The van der Waals surface area contributed by atoms with Crippen LogP contribution >= 0.6 is 0 Å². The first kappa shape index (κ1) is 8.05. The molecular formula is C12H18O. The van der Waals surface area contributed by atoms with Gasteiger partial charge in [0.2, 0.25) is 0 Å². The Kier molecular flexibility index (Phi) is 1.76. The van der Waals surface area contributed by atoms with Gasteiger partial charge < -0.3 is 4.74 Å². The Labute approximate surface area is 80.2 Å². The average molecular weight is 178 g/mol. The zero-order valence-corrected chi connectivity index (χ0v) is 8.28. The number of rotatable bonds is 2. The summed E-state index contributed by atoms with van der Waals surface area (Å²) in [6, 6.07) is 0. The van der Waals surface area contributed by atoms with Gasteiger partial charge in [-0.25, -0.2) is 0 Å². The van der Waals surface area contributed by atoms with Crippen LogP contribution in [0.25, 0.3) is 0 Å². The van der Waals surface area contributed by atoms with E-state index in [0.29, 0.717) is 6.10 Å². The van der Waals surface area contributed by atoms with Gasteiger partial charge in [0.15, 0.2) is 0 Å². The van der Waals surface area contributed by atoms with Crippen LogP contribution in [0, 0.1) is 23.7 Å². The van der Waals surface area contributed by atoms with Crippen LogP contribution in [0.4, 0.5) is 0 Å². The lowest BCUT2D eigenvalue weighted by Crippen LogP contribution is -2.28. The first-order chi connectivity index (χ1) is 6.40. The predicted octanol–water partition coefficient (Wildman–Crippen LogP) is 2.62. The Morgan fingerprint density at radius 1 is 1.23 bits per heavy atom. The summed E-state index contributed by atoms with van der Waals surface area (Å²) in [4.78, 5) is 0. The zero-order valence-electron chi connectivity index (χ0n) is 8.28. The van der Waals surface area contributed by atoms with Crippen LogP contribution in [0.3, 0.4) is 0 Å². The summed E-state index contributed by atoms with van der Waals surface area (Å²) in [6.45, 7) is 2.98. The third-order valence-corrected chi connectivity index (χ3v) is 4.31. The Morgan fingerprint density at radius 2 is 2.08 bits per heavy atom. The Hall–Kier alpha value is -0.300. The molecule has 0 spiro atoms. The van der Waals surface area contributed by atoms with Crippen molar-refractivity contribution in [2.75, 3.05) is 6.61 Å². The van der Waals surface area contributed by atoms with Gasteiger partial charge in [0.05, 0.1) is 6.10 Å². The molecular weight excluding hydrogens is 160 g/mol. The molecule has 0 aromatic heterocycles. The maximum Gasteiger partial charge on any atom is 0.0792 e. The molecule has 0 N–H and O–H groups in total. The van der Waals surface area contributed by atoms with E-state index in [9.17, 15) is 0 Å². The minimum absolute atomic E-state index is 0.463. The van der Waals surface area contributed by atoms with E-state index in [-0.39, 0.29) is 0 Å². The number of allylic oxidation sites excluding steroid dienone is 1. The normalized spacial score (nSPS) is 51.6. The second-order valence-electron chi connectivity index (χ2n) is 4.79. The molecule has 2 fully saturated rings. The highest BCUT2D eigenvalue weighted by Gasteiger charge is 2.51. The van der Waals surface area contributed by atoms with Crippen molar-refractivity contribution in [3.8, 4) is 0 Å². The molecule has 2 bridgehead atoms. The third-order valence-electron chi connectivity index (χ3n) is 4.31. The molecule has 2 saturated carbocycles. The van der Waals surface area contributed by atoms with E-state index in [1.165, 1.54) is 19.3 Å². The SMILES string of the molecule is CCO[C@H]1C=CC2C1[C@H]1CC[C@@H]2C1. The van der Waals surface area contributed by atoms with Crippen molar-refractivity contribution in [3.05, 3.63) is 12.2 Å². The minimum atomic E-state index is 0.463. The summed E-state index contributed by atoms with van der Waals surface area (Å²) < 4.78 is 5.78.